The first-order valence-corrected chi connectivity index (χ1v) is 6.84. The lowest BCUT2D eigenvalue weighted by atomic mass is 10.1. The number of hydrogen-bond acceptors (Lipinski definition) is 4. The summed E-state index contributed by atoms with van der Waals surface area (Å²) in [7, 11) is 0. The number of allylic oxidation sites excluding steroid dienone is 1. The number of halogens is 1. The molecule has 1 unspecified atom stereocenters. The average molecular weight is 306 g/mol. The highest BCUT2D eigenvalue weighted by molar-refractivity contribution is 6.32. The van der Waals surface area contributed by atoms with E-state index in [4.69, 9.17) is 11.6 Å². The molecule has 2 rings (SSSR count). The van der Waals surface area contributed by atoms with Gasteiger partial charge in [-0.1, -0.05) is 48.0 Å². The lowest BCUT2D eigenvalue weighted by Crippen LogP contribution is -2.25. The van der Waals surface area contributed by atoms with E-state index in [-0.39, 0.29) is 17.7 Å². The van der Waals surface area contributed by atoms with Crippen molar-refractivity contribution in [3.63, 3.8) is 0 Å². The summed E-state index contributed by atoms with van der Waals surface area (Å²) in [6.45, 7) is 3.72. The summed E-state index contributed by atoms with van der Waals surface area (Å²) in [4.78, 5) is 12.0. The Morgan fingerprint density at radius 1 is 1.43 bits per heavy atom. The Kier molecular flexibility index (Phi) is 5.14. The Balaban J connectivity index is 2.28. The zero-order valence-corrected chi connectivity index (χ0v) is 12.1. The molecule has 0 saturated heterocycles. The van der Waals surface area contributed by atoms with E-state index < -0.39 is 5.56 Å². The fourth-order valence-electron chi connectivity index (χ4n) is 1.93. The predicted octanol–water partition coefficient (Wildman–Crippen LogP) is 2.23. The van der Waals surface area contributed by atoms with Gasteiger partial charge in [-0.05, 0) is 5.56 Å². The third-order valence-electron chi connectivity index (χ3n) is 3.00. The van der Waals surface area contributed by atoms with E-state index in [2.05, 4.69) is 17.0 Å². The maximum Gasteiger partial charge on any atom is 0.287 e. The monoisotopic (exact) mass is 305 g/mol. The maximum atomic E-state index is 12.0. The van der Waals surface area contributed by atoms with Gasteiger partial charge in [0.05, 0.1) is 31.1 Å². The minimum Gasteiger partial charge on any atom is -0.394 e. The van der Waals surface area contributed by atoms with Crippen molar-refractivity contribution in [1.29, 1.82) is 0 Å². The van der Waals surface area contributed by atoms with Crippen LogP contribution >= 0.6 is 11.6 Å². The van der Waals surface area contributed by atoms with Gasteiger partial charge in [0, 0.05) is 0 Å². The molecule has 2 aromatic rings. The first-order chi connectivity index (χ1) is 10.2. The minimum absolute atomic E-state index is 0.0428. The zero-order valence-electron chi connectivity index (χ0n) is 11.4. The van der Waals surface area contributed by atoms with Crippen molar-refractivity contribution in [3.8, 4) is 0 Å². The van der Waals surface area contributed by atoms with Crippen LogP contribution in [0.2, 0.25) is 5.02 Å². The molecule has 0 fully saturated rings. The smallest absolute Gasteiger partial charge is 0.287 e. The number of benzene rings is 1. The zero-order chi connectivity index (χ0) is 15.2. The topological polar surface area (TPSA) is 67.2 Å². The van der Waals surface area contributed by atoms with Crippen LogP contribution in [-0.2, 0) is 6.54 Å². The second kappa shape index (κ2) is 7.06. The number of rotatable bonds is 6. The molecule has 0 bridgehead atoms. The normalized spacial score (nSPS) is 11.9. The third kappa shape index (κ3) is 3.51. The molecule has 5 nitrogen and oxygen atoms in total. The van der Waals surface area contributed by atoms with Crippen molar-refractivity contribution in [1.82, 2.24) is 9.78 Å². The van der Waals surface area contributed by atoms with Crippen LogP contribution in [-0.4, -0.2) is 21.5 Å². The van der Waals surface area contributed by atoms with Crippen LogP contribution < -0.4 is 10.9 Å². The number of aliphatic hydroxyl groups is 1. The summed E-state index contributed by atoms with van der Waals surface area (Å²) in [5.74, 6) is 0. The number of nitrogens with zero attached hydrogens (tertiary/aromatic N) is 2. The van der Waals surface area contributed by atoms with Crippen LogP contribution in [0.5, 0.6) is 0 Å². The van der Waals surface area contributed by atoms with Crippen LogP contribution in [0.3, 0.4) is 0 Å². The summed E-state index contributed by atoms with van der Waals surface area (Å²) >= 11 is 6.07. The third-order valence-corrected chi connectivity index (χ3v) is 3.37. The fraction of sp³-hybridized carbons (Fsp3) is 0.200. The molecule has 0 amide bonds. The number of nitrogens with one attached hydrogen (secondary N) is 1. The number of aromatic nitrogens is 2. The van der Waals surface area contributed by atoms with Crippen molar-refractivity contribution < 1.29 is 5.11 Å². The van der Waals surface area contributed by atoms with Crippen molar-refractivity contribution in [3.05, 3.63) is 70.1 Å². The first-order valence-electron chi connectivity index (χ1n) is 6.46. The van der Waals surface area contributed by atoms with Crippen LogP contribution in [0.4, 0.5) is 5.69 Å². The molecule has 1 atom stereocenters. The lowest BCUT2D eigenvalue weighted by molar-refractivity contribution is 0.276. The SMILES string of the molecule is C=CCn1ncc(NC(CO)c2ccccc2)c(Cl)c1=O. The highest BCUT2D eigenvalue weighted by Gasteiger charge is 2.14. The molecule has 1 heterocycles. The van der Waals surface area contributed by atoms with Gasteiger partial charge in [0.25, 0.3) is 5.56 Å². The summed E-state index contributed by atoms with van der Waals surface area (Å²) in [5.41, 5.74) is 0.891. The van der Waals surface area contributed by atoms with Gasteiger partial charge in [0.15, 0.2) is 0 Å². The summed E-state index contributed by atoms with van der Waals surface area (Å²) in [5, 5.41) is 16.6. The molecular formula is C15H16ClN3O2. The molecule has 21 heavy (non-hydrogen) atoms. The molecule has 0 spiro atoms. The van der Waals surface area contributed by atoms with Gasteiger partial charge in [-0.2, -0.15) is 5.10 Å². The summed E-state index contributed by atoms with van der Waals surface area (Å²) in [6, 6.07) is 9.05. The van der Waals surface area contributed by atoms with Gasteiger partial charge in [-0.15, -0.1) is 6.58 Å². The van der Waals surface area contributed by atoms with E-state index >= 15 is 0 Å². The molecule has 0 aliphatic carbocycles. The van der Waals surface area contributed by atoms with Gasteiger partial charge in [-0.25, -0.2) is 4.68 Å². The van der Waals surface area contributed by atoms with Crippen LogP contribution in [0, 0.1) is 0 Å². The average Bonchev–Trinajstić information content (AvgIpc) is 2.52. The van der Waals surface area contributed by atoms with Gasteiger partial charge < -0.3 is 10.4 Å². The molecule has 2 N–H and O–H groups in total. The highest BCUT2D eigenvalue weighted by Crippen LogP contribution is 2.22. The van der Waals surface area contributed by atoms with E-state index in [1.807, 2.05) is 30.3 Å². The number of hydrogen-bond donors (Lipinski definition) is 2. The Morgan fingerprint density at radius 2 is 2.14 bits per heavy atom. The molecule has 0 radical (unpaired) electrons. The van der Waals surface area contributed by atoms with Crippen molar-refractivity contribution in [2.24, 2.45) is 0 Å². The second-order valence-corrected chi connectivity index (χ2v) is 4.82. The van der Waals surface area contributed by atoms with Gasteiger partial charge in [0.2, 0.25) is 0 Å². The van der Waals surface area contributed by atoms with Crippen LogP contribution in [0.25, 0.3) is 0 Å². The molecule has 1 aromatic heterocycles. The fourth-order valence-corrected chi connectivity index (χ4v) is 2.13. The maximum absolute atomic E-state index is 12.0. The Labute approximate surface area is 127 Å². The van der Waals surface area contributed by atoms with Crippen LogP contribution in [0.15, 0.2) is 54.0 Å². The van der Waals surface area contributed by atoms with Crippen LogP contribution in [0.1, 0.15) is 11.6 Å². The molecule has 0 aliphatic heterocycles. The van der Waals surface area contributed by atoms with Crippen molar-refractivity contribution in [2.45, 2.75) is 12.6 Å². The Morgan fingerprint density at radius 3 is 2.76 bits per heavy atom. The molecular weight excluding hydrogens is 290 g/mol. The predicted molar refractivity (Wildman–Crippen MR) is 83.6 cm³/mol. The molecule has 0 saturated carbocycles. The van der Waals surface area contributed by atoms with Gasteiger partial charge >= 0.3 is 0 Å². The molecule has 0 aliphatic rings. The number of aliphatic hydroxyl groups excluding tert-OH is 1. The van der Waals surface area contributed by atoms with E-state index in [1.54, 1.807) is 6.08 Å². The van der Waals surface area contributed by atoms with E-state index in [0.29, 0.717) is 12.2 Å². The lowest BCUT2D eigenvalue weighted by Gasteiger charge is -2.18. The minimum atomic E-state index is -0.397. The Bertz CT molecular complexity index is 670. The standard InChI is InChI=1S/C15H16ClN3O2/c1-2-8-19-15(21)14(16)12(9-17-19)18-13(10-20)11-6-4-3-5-7-11/h2-7,9,13,18,20H,1,8,10H2. The van der Waals surface area contributed by atoms with Crippen molar-refractivity contribution >= 4 is 17.3 Å². The van der Waals surface area contributed by atoms with Gasteiger partial charge in [-0.3, -0.25) is 4.79 Å². The van der Waals surface area contributed by atoms with Crippen molar-refractivity contribution in [2.75, 3.05) is 11.9 Å². The highest BCUT2D eigenvalue weighted by atomic mass is 35.5. The second-order valence-electron chi connectivity index (χ2n) is 4.44. The van der Waals surface area contributed by atoms with Gasteiger partial charge in [0.1, 0.15) is 5.02 Å². The quantitative estimate of drug-likeness (QED) is 0.803. The van der Waals surface area contributed by atoms with E-state index in [9.17, 15) is 9.90 Å². The van der Waals surface area contributed by atoms with E-state index in [0.717, 1.165) is 5.56 Å². The summed E-state index contributed by atoms with van der Waals surface area (Å²) < 4.78 is 1.22. The molecule has 1 aromatic carbocycles. The van der Waals surface area contributed by atoms with E-state index in [1.165, 1.54) is 10.9 Å². The first kappa shape index (κ1) is 15.3. The molecule has 6 heteroatoms. The Hall–Kier alpha value is -2.11. The number of anilines is 1. The largest absolute Gasteiger partial charge is 0.394 e. The molecule has 110 valence electrons. The summed E-state index contributed by atoms with van der Waals surface area (Å²) in [6.07, 6.45) is 3.04.